The first-order chi connectivity index (χ1) is 7.25. The van der Waals surface area contributed by atoms with Gasteiger partial charge in [-0.25, -0.2) is 0 Å². The smallest absolute Gasteiger partial charge is 0.106 e. The van der Waals surface area contributed by atoms with Crippen LogP contribution in [0, 0.1) is 5.92 Å². The van der Waals surface area contributed by atoms with E-state index in [-0.39, 0.29) is 0 Å². The van der Waals surface area contributed by atoms with Crippen molar-refractivity contribution in [2.75, 3.05) is 0 Å². The van der Waals surface area contributed by atoms with Gasteiger partial charge in [0.1, 0.15) is 12.4 Å². The number of hydrogen-bond acceptors (Lipinski definition) is 2. The van der Waals surface area contributed by atoms with Crippen LogP contribution < -0.4 is 0 Å². The fraction of sp³-hybridized carbons (Fsp3) is 0.417. The Labute approximate surface area is 90.2 Å². The van der Waals surface area contributed by atoms with Gasteiger partial charge in [0.05, 0.1) is 6.21 Å². The highest BCUT2D eigenvalue weighted by atomic mass is 15.4. The van der Waals surface area contributed by atoms with E-state index in [4.69, 9.17) is 0 Å². The summed E-state index contributed by atoms with van der Waals surface area (Å²) in [5.41, 5.74) is 1.29. The van der Waals surface area contributed by atoms with Crippen LogP contribution in [0.15, 0.2) is 23.4 Å². The fourth-order valence-electron chi connectivity index (χ4n) is 1.63. The van der Waals surface area contributed by atoms with Crippen LogP contribution in [0.5, 0.6) is 0 Å². The lowest BCUT2D eigenvalue weighted by molar-refractivity contribution is -0.441. The van der Waals surface area contributed by atoms with Crippen LogP contribution in [0.3, 0.4) is 0 Å². The molecule has 3 nitrogen and oxygen atoms in total. The maximum absolute atomic E-state index is 4.39. The number of pyridine rings is 1. The molecule has 1 aliphatic heterocycles. The predicted octanol–water partition coefficient (Wildman–Crippen LogP) is 2.38. The molecular formula is C12H16N3+. The molecule has 2 rings (SSSR count). The molecule has 2 heterocycles. The first kappa shape index (κ1) is 10.0. The summed E-state index contributed by atoms with van der Waals surface area (Å²) in [5.74, 6) is 1.57. The minimum Gasteiger partial charge on any atom is -0.106 e. The van der Waals surface area contributed by atoms with Gasteiger partial charge in [0.2, 0.25) is 0 Å². The molecule has 0 amide bonds. The molecular weight excluding hydrogens is 186 g/mol. The van der Waals surface area contributed by atoms with Crippen molar-refractivity contribution in [3.05, 3.63) is 23.9 Å². The predicted molar refractivity (Wildman–Crippen MR) is 61.9 cm³/mol. The molecule has 15 heavy (non-hydrogen) atoms. The van der Waals surface area contributed by atoms with Crippen molar-refractivity contribution in [3.8, 4) is 0 Å². The molecule has 0 aliphatic carbocycles. The number of rotatable bonds is 3. The molecule has 0 spiro atoms. The summed E-state index contributed by atoms with van der Waals surface area (Å²) in [6.07, 6.45) is 7.82. The summed E-state index contributed by atoms with van der Waals surface area (Å²) in [5, 5.41) is 4.19. The molecule has 1 aromatic heterocycles. The van der Waals surface area contributed by atoms with Crippen LogP contribution in [-0.4, -0.2) is 22.1 Å². The summed E-state index contributed by atoms with van der Waals surface area (Å²) in [6, 6.07) is 4.15. The van der Waals surface area contributed by atoms with E-state index >= 15 is 0 Å². The van der Waals surface area contributed by atoms with Crippen molar-refractivity contribution in [2.24, 2.45) is 11.0 Å². The number of aromatic nitrogens is 1. The Morgan fingerprint density at radius 1 is 1.40 bits per heavy atom. The van der Waals surface area contributed by atoms with E-state index in [1.165, 1.54) is 5.56 Å². The molecule has 0 fully saturated rings. The largest absolute Gasteiger partial charge is 0.347 e. The third-order valence-electron chi connectivity index (χ3n) is 2.28. The summed E-state index contributed by atoms with van der Waals surface area (Å²) in [6.45, 7) is 4.43. The molecule has 0 N–H and O–H groups in total. The lowest BCUT2D eigenvalue weighted by Gasteiger charge is -2.01. The van der Waals surface area contributed by atoms with E-state index in [1.807, 2.05) is 29.4 Å². The van der Waals surface area contributed by atoms with E-state index in [9.17, 15) is 0 Å². The molecule has 1 aromatic rings. The lowest BCUT2D eigenvalue weighted by atomic mass is 10.1. The number of hydrogen-bond donors (Lipinski definition) is 0. The minimum absolute atomic E-state index is 0.675. The van der Waals surface area contributed by atoms with E-state index in [0.29, 0.717) is 5.92 Å². The molecule has 0 aromatic carbocycles. The topological polar surface area (TPSA) is 28.3 Å². The summed E-state index contributed by atoms with van der Waals surface area (Å²) in [7, 11) is 0. The van der Waals surface area contributed by atoms with Crippen molar-refractivity contribution >= 4 is 18.2 Å². The SMILES string of the molecule is CC(C)Cc1ccc([N+]2=CCC=N2)nc1. The van der Waals surface area contributed by atoms with Gasteiger partial charge >= 0.3 is 5.82 Å². The van der Waals surface area contributed by atoms with Gasteiger partial charge in [0, 0.05) is 12.5 Å². The van der Waals surface area contributed by atoms with Crippen LogP contribution in [0.2, 0.25) is 0 Å². The molecule has 3 heteroatoms. The maximum Gasteiger partial charge on any atom is 0.347 e. The van der Waals surface area contributed by atoms with Crippen LogP contribution in [0.25, 0.3) is 0 Å². The zero-order chi connectivity index (χ0) is 10.7. The van der Waals surface area contributed by atoms with Crippen LogP contribution in [-0.2, 0) is 6.42 Å². The van der Waals surface area contributed by atoms with Gasteiger partial charge in [-0.3, -0.25) is 0 Å². The van der Waals surface area contributed by atoms with Crippen molar-refractivity contribution < 1.29 is 4.68 Å². The lowest BCUT2D eigenvalue weighted by Crippen LogP contribution is -1.98. The maximum atomic E-state index is 4.39. The standard InChI is InChI=1S/C12H16N3/c1-10(2)8-11-4-5-12(13-9-11)15-7-3-6-14-15/h4-7,9-10H,3,8H2,1-2H3/q+1. The van der Waals surface area contributed by atoms with Gasteiger partial charge in [0.25, 0.3) is 0 Å². The van der Waals surface area contributed by atoms with Crippen molar-refractivity contribution in [3.63, 3.8) is 0 Å². The van der Waals surface area contributed by atoms with E-state index in [1.54, 1.807) is 0 Å². The molecule has 0 radical (unpaired) electrons. The van der Waals surface area contributed by atoms with Crippen LogP contribution in [0.4, 0.5) is 5.82 Å². The molecule has 0 unspecified atom stereocenters. The second kappa shape index (κ2) is 4.34. The molecule has 0 bridgehead atoms. The molecule has 0 atom stereocenters. The van der Waals surface area contributed by atoms with Gasteiger partial charge in [-0.05, 0) is 29.0 Å². The second-order valence-corrected chi connectivity index (χ2v) is 4.18. The molecule has 0 saturated heterocycles. The number of nitrogens with zero attached hydrogens (tertiary/aromatic N) is 3. The van der Waals surface area contributed by atoms with Gasteiger partial charge in [-0.2, -0.15) is 0 Å². The summed E-state index contributed by atoms with van der Waals surface area (Å²) in [4.78, 5) is 4.39. The highest BCUT2D eigenvalue weighted by Gasteiger charge is 2.11. The quantitative estimate of drug-likeness (QED) is 0.692. The summed E-state index contributed by atoms with van der Waals surface area (Å²) >= 11 is 0. The molecule has 0 saturated carbocycles. The Morgan fingerprint density at radius 3 is 2.80 bits per heavy atom. The summed E-state index contributed by atoms with van der Waals surface area (Å²) < 4.78 is 1.82. The Hall–Kier alpha value is -1.51. The zero-order valence-corrected chi connectivity index (χ0v) is 9.22. The van der Waals surface area contributed by atoms with E-state index in [2.05, 4.69) is 30.0 Å². The van der Waals surface area contributed by atoms with Crippen LogP contribution >= 0.6 is 0 Å². The monoisotopic (exact) mass is 202 g/mol. The van der Waals surface area contributed by atoms with Crippen molar-refractivity contribution in [2.45, 2.75) is 26.7 Å². The third-order valence-corrected chi connectivity index (χ3v) is 2.28. The Balaban J connectivity index is 2.13. The Kier molecular flexibility index (Phi) is 2.90. The number of hydrazone groups is 1. The molecule has 1 aliphatic rings. The minimum atomic E-state index is 0.675. The first-order valence-electron chi connectivity index (χ1n) is 5.35. The third kappa shape index (κ3) is 2.49. The van der Waals surface area contributed by atoms with E-state index in [0.717, 1.165) is 18.7 Å². The zero-order valence-electron chi connectivity index (χ0n) is 9.22. The highest BCUT2D eigenvalue weighted by molar-refractivity contribution is 5.79. The Bertz CT molecular complexity index is 388. The average molecular weight is 202 g/mol. The first-order valence-corrected chi connectivity index (χ1v) is 5.35. The van der Waals surface area contributed by atoms with Gasteiger partial charge in [-0.15, -0.1) is 4.68 Å². The van der Waals surface area contributed by atoms with Crippen LogP contribution in [0.1, 0.15) is 25.8 Å². The highest BCUT2D eigenvalue weighted by Crippen LogP contribution is 2.13. The normalized spacial score (nSPS) is 14.7. The fourth-order valence-corrected chi connectivity index (χ4v) is 1.63. The van der Waals surface area contributed by atoms with Gasteiger partial charge in [0.15, 0.2) is 0 Å². The average Bonchev–Trinajstić information content (AvgIpc) is 2.71. The Morgan fingerprint density at radius 2 is 2.27 bits per heavy atom. The molecule has 78 valence electrons. The van der Waals surface area contributed by atoms with E-state index < -0.39 is 0 Å². The van der Waals surface area contributed by atoms with Crippen molar-refractivity contribution in [1.82, 2.24) is 4.98 Å². The van der Waals surface area contributed by atoms with Gasteiger partial charge < -0.3 is 0 Å². The van der Waals surface area contributed by atoms with Gasteiger partial charge in [-0.1, -0.05) is 18.9 Å². The second-order valence-electron chi connectivity index (χ2n) is 4.18. The van der Waals surface area contributed by atoms with Crippen molar-refractivity contribution in [1.29, 1.82) is 0 Å².